The zero-order valence-corrected chi connectivity index (χ0v) is 15.2. The lowest BCUT2D eigenvalue weighted by Crippen LogP contribution is -2.39. The number of likely N-dealkylation sites (tertiary alicyclic amines) is 1. The van der Waals surface area contributed by atoms with Gasteiger partial charge in [0.15, 0.2) is 6.29 Å². The Kier molecular flexibility index (Phi) is 5.52. The molecule has 1 aliphatic heterocycles. The van der Waals surface area contributed by atoms with Crippen LogP contribution < -0.4 is 17.0 Å². The maximum atomic E-state index is 12.0. The van der Waals surface area contributed by atoms with E-state index in [0.717, 1.165) is 41.8 Å². The minimum absolute atomic E-state index is 0.0513. The fourth-order valence-electron chi connectivity index (χ4n) is 3.02. The smallest absolute Gasteiger partial charge is 0.251 e. The number of hydrogen-bond acceptors (Lipinski definition) is 6. The lowest BCUT2D eigenvalue weighted by atomic mass is 10.0. The van der Waals surface area contributed by atoms with Crippen LogP contribution in [0.3, 0.4) is 0 Å². The van der Waals surface area contributed by atoms with E-state index in [9.17, 15) is 9.59 Å². The van der Waals surface area contributed by atoms with Crippen molar-refractivity contribution in [1.29, 1.82) is 0 Å². The first-order chi connectivity index (χ1) is 13.0. The summed E-state index contributed by atoms with van der Waals surface area (Å²) in [5.74, 6) is 0. The number of hydrogen-bond donors (Lipinski definition) is 3. The third-order valence-electron chi connectivity index (χ3n) is 4.44. The summed E-state index contributed by atoms with van der Waals surface area (Å²) in [7, 11) is 0. The Labute approximate surface area is 157 Å². The number of H-pyrrole nitrogens is 1. The molecule has 5 N–H and O–H groups in total. The van der Waals surface area contributed by atoms with Crippen molar-refractivity contribution in [2.75, 3.05) is 13.1 Å². The summed E-state index contributed by atoms with van der Waals surface area (Å²) >= 11 is 0. The highest BCUT2D eigenvalue weighted by Crippen LogP contribution is 2.20. The van der Waals surface area contributed by atoms with E-state index in [0.29, 0.717) is 18.4 Å². The molecule has 0 amide bonds. The molecule has 0 atom stereocenters. The predicted molar refractivity (Wildman–Crippen MR) is 106 cm³/mol. The number of fused-ring (bicyclic) bond motifs is 1. The number of nitrogens with zero attached hydrogens (tertiary/aromatic N) is 2. The van der Waals surface area contributed by atoms with Crippen LogP contribution in [0.5, 0.6) is 0 Å². The van der Waals surface area contributed by atoms with Gasteiger partial charge in [0, 0.05) is 37.1 Å². The van der Waals surface area contributed by atoms with Gasteiger partial charge in [-0.1, -0.05) is 6.92 Å². The fourth-order valence-corrected chi connectivity index (χ4v) is 3.02. The molecule has 27 heavy (non-hydrogen) atoms. The van der Waals surface area contributed by atoms with Crippen molar-refractivity contribution in [3.8, 4) is 0 Å². The summed E-state index contributed by atoms with van der Waals surface area (Å²) in [6.45, 7) is 4.32. The Morgan fingerprint density at radius 1 is 1.26 bits per heavy atom. The summed E-state index contributed by atoms with van der Waals surface area (Å²) in [6, 6.07) is 3.83. The number of carbonyl (C=O) groups is 1. The number of allylic oxidation sites excluding steroid dienone is 4. The van der Waals surface area contributed by atoms with E-state index in [4.69, 9.17) is 11.5 Å². The number of pyridine rings is 2. The zero-order valence-electron chi connectivity index (χ0n) is 15.2. The molecule has 2 aromatic heterocycles. The molecule has 3 heterocycles. The molecule has 1 aliphatic rings. The van der Waals surface area contributed by atoms with Crippen LogP contribution in [0.1, 0.15) is 18.1 Å². The van der Waals surface area contributed by atoms with Gasteiger partial charge in [-0.3, -0.25) is 19.5 Å². The number of nitrogens with one attached hydrogen (secondary N) is 1. The summed E-state index contributed by atoms with van der Waals surface area (Å²) < 4.78 is 0. The Bertz CT molecular complexity index is 1010. The lowest BCUT2D eigenvalue weighted by Gasteiger charge is -2.34. The Morgan fingerprint density at radius 2 is 2.00 bits per heavy atom. The van der Waals surface area contributed by atoms with Crippen LogP contribution in [0.2, 0.25) is 0 Å². The van der Waals surface area contributed by atoms with Gasteiger partial charge < -0.3 is 16.5 Å². The third kappa shape index (κ3) is 4.51. The normalized spacial score (nSPS) is 15.7. The fraction of sp³-hybridized carbons (Fsp3) is 0.250. The SMILES string of the molecule is CCc1cc2ncc(CN3CC(=C/C(N)=C/C=C(\N)C=O)C3)cc2[nH]c1=O. The number of aromatic amines is 1. The van der Waals surface area contributed by atoms with Gasteiger partial charge in [-0.25, -0.2) is 0 Å². The van der Waals surface area contributed by atoms with Gasteiger partial charge in [-0.2, -0.15) is 0 Å². The number of aryl methyl sites for hydroxylation is 1. The van der Waals surface area contributed by atoms with Gasteiger partial charge in [0.25, 0.3) is 5.56 Å². The molecule has 0 aliphatic carbocycles. The second kappa shape index (κ2) is 8.01. The summed E-state index contributed by atoms with van der Waals surface area (Å²) in [5.41, 5.74) is 16.5. The van der Waals surface area contributed by atoms with E-state index in [1.165, 1.54) is 11.6 Å². The van der Waals surface area contributed by atoms with Gasteiger partial charge in [0.1, 0.15) is 0 Å². The minimum atomic E-state index is -0.0513. The van der Waals surface area contributed by atoms with Gasteiger partial charge in [0.2, 0.25) is 0 Å². The van der Waals surface area contributed by atoms with Gasteiger partial charge >= 0.3 is 0 Å². The standard InChI is InChI=1S/C20H23N5O2/c1-2-15-7-18-19(24-20(15)27)6-13(8-23-18)9-25-10-14(11-25)5-16(21)3-4-17(22)12-26/h3-8,12H,2,9-11,21-22H2,1H3,(H,24,27)/b16-3-,17-4-. The largest absolute Gasteiger partial charge is 0.399 e. The number of carbonyl (C=O) groups excluding carboxylic acids is 1. The summed E-state index contributed by atoms with van der Waals surface area (Å²) in [5, 5.41) is 0. The lowest BCUT2D eigenvalue weighted by molar-refractivity contribution is -0.104. The molecule has 1 saturated heterocycles. The van der Waals surface area contributed by atoms with Crippen molar-refractivity contribution in [2.45, 2.75) is 19.9 Å². The highest BCUT2D eigenvalue weighted by molar-refractivity contribution is 5.75. The Morgan fingerprint density at radius 3 is 2.70 bits per heavy atom. The molecule has 3 rings (SSSR count). The zero-order chi connectivity index (χ0) is 19.4. The molecule has 0 unspecified atom stereocenters. The maximum Gasteiger partial charge on any atom is 0.251 e. The highest BCUT2D eigenvalue weighted by atomic mass is 16.1. The molecule has 0 saturated carbocycles. The molecule has 7 nitrogen and oxygen atoms in total. The van der Waals surface area contributed by atoms with Crippen molar-refractivity contribution in [3.63, 3.8) is 0 Å². The van der Waals surface area contributed by atoms with E-state index < -0.39 is 0 Å². The average Bonchev–Trinajstić information content (AvgIpc) is 2.63. The summed E-state index contributed by atoms with van der Waals surface area (Å²) in [4.78, 5) is 32.0. The molecule has 140 valence electrons. The first kappa shape index (κ1) is 18.6. The van der Waals surface area contributed by atoms with Gasteiger partial charge in [-0.05, 0) is 47.9 Å². The van der Waals surface area contributed by atoms with Crippen LogP contribution in [0.25, 0.3) is 11.0 Å². The molecular formula is C20H23N5O2. The van der Waals surface area contributed by atoms with Gasteiger partial charge in [-0.15, -0.1) is 0 Å². The van der Waals surface area contributed by atoms with Crippen molar-refractivity contribution in [1.82, 2.24) is 14.9 Å². The summed E-state index contributed by atoms with van der Waals surface area (Å²) in [6.07, 6.45) is 8.12. The van der Waals surface area contributed by atoms with Crippen LogP contribution in [0.4, 0.5) is 0 Å². The second-order valence-electron chi connectivity index (χ2n) is 6.65. The molecule has 7 heteroatoms. The van der Waals surface area contributed by atoms with Crippen molar-refractivity contribution in [3.05, 3.63) is 75.0 Å². The quantitative estimate of drug-likeness (QED) is 0.401. The van der Waals surface area contributed by atoms with E-state index >= 15 is 0 Å². The van der Waals surface area contributed by atoms with Crippen molar-refractivity contribution >= 4 is 17.3 Å². The topological polar surface area (TPSA) is 118 Å². The Balaban J connectivity index is 1.64. The average molecular weight is 365 g/mol. The number of aromatic nitrogens is 2. The maximum absolute atomic E-state index is 12.0. The van der Waals surface area contributed by atoms with Gasteiger partial charge in [0.05, 0.1) is 16.7 Å². The van der Waals surface area contributed by atoms with Crippen molar-refractivity contribution < 1.29 is 4.79 Å². The first-order valence-electron chi connectivity index (χ1n) is 8.79. The molecule has 0 spiro atoms. The van der Waals surface area contributed by atoms with Crippen LogP contribution in [0.15, 0.2) is 58.3 Å². The third-order valence-corrected chi connectivity index (χ3v) is 4.44. The molecule has 1 fully saturated rings. The van der Waals surface area contributed by atoms with E-state index in [-0.39, 0.29) is 11.3 Å². The number of aldehydes is 1. The molecule has 2 aromatic rings. The van der Waals surface area contributed by atoms with Crippen LogP contribution >= 0.6 is 0 Å². The molecule has 0 aromatic carbocycles. The monoisotopic (exact) mass is 365 g/mol. The Hall–Kier alpha value is -3.19. The van der Waals surface area contributed by atoms with Crippen LogP contribution in [0, 0.1) is 0 Å². The first-order valence-corrected chi connectivity index (χ1v) is 8.79. The highest BCUT2D eigenvalue weighted by Gasteiger charge is 2.20. The van der Waals surface area contributed by atoms with Crippen molar-refractivity contribution in [2.24, 2.45) is 11.5 Å². The minimum Gasteiger partial charge on any atom is -0.399 e. The van der Waals surface area contributed by atoms with E-state index in [1.54, 1.807) is 6.08 Å². The number of nitrogens with two attached hydrogens (primary N) is 2. The number of rotatable bonds is 6. The van der Waals surface area contributed by atoms with Crippen LogP contribution in [-0.4, -0.2) is 34.2 Å². The second-order valence-corrected chi connectivity index (χ2v) is 6.65. The molecule has 0 bridgehead atoms. The predicted octanol–water partition coefficient (Wildman–Crippen LogP) is 1.11. The van der Waals surface area contributed by atoms with E-state index in [2.05, 4.69) is 14.9 Å². The molecular weight excluding hydrogens is 342 g/mol. The van der Waals surface area contributed by atoms with E-state index in [1.807, 2.05) is 31.3 Å². The molecule has 0 radical (unpaired) electrons. The van der Waals surface area contributed by atoms with Crippen LogP contribution in [-0.2, 0) is 17.8 Å².